The molecule has 0 radical (unpaired) electrons. The minimum Gasteiger partial charge on any atom is -0.445 e. The van der Waals surface area contributed by atoms with Gasteiger partial charge < -0.3 is 4.42 Å². The third kappa shape index (κ3) is 6.77. The van der Waals surface area contributed by atoms with Crippen LogP contribution in [-0.4, -0.2) is 11.0 Å². The molecule has 1 nitrogen and oxygen atoms in total. The molecule has 0 spiro atoms. The fraction of sp³-hybridized carbons (Fsp3) is 0.320. The third-order valence-electron chi connectivity index (χ3n) is 4.90. The Hall–Kier alpha value is -1.49. The number of fused-ring (bicyclic) bond motifs is 1. The molecule has 0 aliphatic rings. The second kappa shape index (κ2) is 11.6. The first kappa shape index (κ1) is 22.2. The largest absolute Gasteiger partial charge is 0.445 e. The number of benzene rings is 2. The summed E-state index contributed by atoms with van der Waals surface area (Å²) in [7, 11) is 0. The van der Waals surface area contributed by atoms with Crippen LogP contribution >= 0.6 is 35.7 Å². The number of hydrogen-bond donors (Lipinski definition) is 0. The van der Waals surface area contributed by atoms with Crippen LogP contribution < -0.4 is 0 Å². The molecule has 0 unspecified atom stereocenters. The van der Waals surface area contributed by atoms with Crippen LogP contribution in [0.2, 0.25) is 0 Å². The average Bonchev–Trinajstić information content (AvgIpc) is 2.75. The highest BCUT2D eigenvalue weighted by Gasteiger charge is 2.12. The van der Waals surface area contributed by atoms with Crippen molar-refractivity contribution in [2.75, 3.05) is 5.75 Å². The summed E-state index contributed by atoms with van der Waals surface area (Å²) < 4.78 is 6.25. The van der Waals surface area contributed by atoms with E-state index in [-0.39, 0.29) is 0 Å². The summed E-state index contributed by atoms with van der Waals surface area (Å²) in [6.45, 7) is 6.49. The maximum Gasteiger partial charge on any atom is 0.191 e. The van der Waals surface area contributed by atoms with Gasteiger partial charge in [-0.1, -0.05) is 74.9 Å². The van der Waals surface area contributed by atoms with Crippen LogP contribution in [0.3, 0.4) is 0 Å². The van der Waals surface area contributed by atoms with Gasteiger partial charge in [-0.25, -0.2) is 0 Å². The fourth-order valence-electron chi connectivity index (χ4n) is 3.26. The molecule has 0 bridgehead atoms. The van der Waals surface area contributed by atoms with E-state index < -0.39 is 0 Å². The first-order valence-corrected chi connectivity index (χ1v) is 12.5. The second-order valence-electron chi connectivity index (χ2n) is 7.06. The molecule has 0 aliphatic carbocycles. The molecule has 3 aromatic rings. The molecular weight excluding hydrogens is 412 g/mol. The second-order valence-corrected chi connectivity index (χ2v) is 10.00. The van der Waals surface area contributed by atoms with E-state index in [9.17, 15) is 0 Å². The number of para-hydroxylation sites is 1. The van der Waals surface area contributed by atoms with Gasteiger partial charge in [-0.3, -0.25) is 0 Å². The lowest BCUT2D eigenvalue weighted by molar-refractivity contribution is 0.583. The van der Waals surface area contributed by atoms with Crippen molar-refractivity contribution in [3.63, 3.8) is 0 Å². The van der Waals surface area contributed by atoms with Crippen LogP contribution in [0.1, 0.15) is 44.6 Å². The summed E-state index contributed by atoms with van der Waals surface area (Å²) in [6, 6.07) is 20.6. The number of rotatable bonds is 11. The minimum absolute atomic E-state index is 0.566. The van der Waals surface area contributed by atoms with Crippen LogP contribution in [0.4, 0.5) is 0 Å². The molecule has 4 heteroatoms. The van der Waals surface area contributed by atoms with E-state index in [2.05, 4.69) is 49.9 Å². The van der Waals surface area contributed by atoms with Gasteiger partial charge in [0.1, 0.15) is 5.58 Å². The first-order valence-electron chi connectivity index (χ1n) is 10.2. The summed E-state index contributed by atoms with van der Waals surface area (Å²) in [5.74, 6) is 1.14. The molecule has 0 fully saturated rings. The molecule has 29 heavy (non-hydrogen) atoms. The Balaban J connectivity index is 1.43. The topological polar surface area (TPSA) is 13.1 Å². The van der Waals surface area contributed by atoms with Crippen molar-refractivity contribution in [2.24, 2.45) is 0 Å². The molecule has 2 aromatic carbocycles. The maximum absolute atomic E-state index is 5.69. The van der Waals surface area contributed by atoms with E-state index in [0.29, 0.717) is 9.96 Å². The van der Waals surface area contributed by atoms with Crippen molar-refractivity contribution in [2.45, 2.75) is 49.2 Å². The van der Waals surface area contributed by atoms with Gasteiger partial charge in [0.2, 0.25) is 0 Å². The molecule has 0 saturated carbocycles. The van der Waals surface area contributed by atoms with E-state index in [1.807, 2.05) is 47.8 Å². The number of hydrogen-bond acceptors (Lipinski definition) is 4. The van der Waals surface area contributed by atoms with Crippen molar-refractivity contribution in [3.8, 4) is 0 Å². The van der Waals surface area contributed by atoms with E-state index >= 15 is 0 Å². The van der Waals surface area contributed by atoms with Crippen LogP contribution in [0, 0.1) is 4.71 Å². The van der Waals surface area contributed by atoms with Gasteiger partial charge in [-0.15, -0.1) is 23.5 Å². The Morgan fingerprint density at radius 3 is 2.59 bits per heavy atom. The summed E-state index contributed by atoms with van der Waals surface area (Å²) in [6.07, 6.45) is 6.17. The Bertz CT molecular complexity index is 978. The van der Waals surface area contributed by atoms with Crippen LogP contribution in [-0.2, 0) is 0 Å². The Morgan fingerprint density at radius 1 is 1.03 bits per heavy atom. The van der Waals surface area contributed by atoms with Crippen molar-refractivity contribution < 1.29 is 4.42 Å². The normalized spacial score (nSPS) is 12.2. The van der Waals surface area contributed by atoms with Gasteiger partial charge in [0.15, 0.2) is 4.71 Å². The molecule has 0 N–H and O–H groups in total. The highest BCUT2D eigenvalue weighted by atomic mass is 32.2. The number of unbranched alkanes of at least 4 members (excludes halogenated alkanes) is 2. The molecule has 1 atom stereocenters. The van der Waals surface area contributed by atoms with Crippen LogP contribution in [0.15, 0.2) is 76.6 Å². The fourth-order valence-corrected chi connectivity index (χ4v) is 5.72. The summed E-state index contributed by atoms with van der Waals surface area (Å²) in [5, 5.41) is 1.78. The van der Waals surface area contributed by atoms with E-state index in [1.165, 1.54) is 46.4 Å². The van der Waals surface area contributed by atoms with Crippen molar-refractivity contribution in [3.05, 3.63) is 77.5 Å². The van der Waals surface area contributed by atoms with Gasteiger partial charge >= 0.3 is 0 Å². The van der Waals surface area contributed by atoms with E-state index in [4.69, 9.17) is 16.6 Å². The summed E-state index contributed by atoms with van der Waals surface area (Å²) >= 11 is 9.15. The predicted octanol–water partition coefficient (Wildman–Crippen LogP) is 9.00. The zero-order valence-corrected chi connectivity index (χ0v) is 19.4. The Labute approximate surface area is 188 Å². The van der Waals surface area contributed by atoms with Crippen molar-refractivity contribution in [1.29, 1.82) is 0 Å². The minimum atomic E-state index is 0.566. The predicted molar refractivity (Wildman–Crippen MR) is 133 cm³/mol. The van der Waals surface area contributed by atoms with Gasteiger partial charge in [-0.2, -0.15) is 0 Å². The lowest BCUT2D eigenvalue weighted by atomic mass is 10.1. The van der Waals surface area contributed by atoms with E-state index in [0.717, 1.165) is 17.8 Å². The maximum atomic E-state index is 5.69. The highest BCUT2D eigenvalue weighted by Crippen LogP contribution is 2.35. The lowest BCUT2D eigenvalue weighted by Gasteiger charge is -2.15. The van der Waals surface area contributed by atoms with Crippen LogP contribution in [0.5, 0.6) is 0 Å². The van der Waals surface area contributed by atoms with Gasteiger partial charge in [0.25, 0.3) is 0 Å². The van der Waals surface area contributed by atoms with Gasteiger partial charge in [0.05, 0.1) is 0 Å². The highest BCUT2D eigenvalue weighted by molar-refractivity contribution is 8.08. The molecular formula is C25H28OS3. The molecule has 1 heterocycles. The van der Waals surface area contributed by atoms with Crippen LogP contribution in [0.25, 0.3) is 15.9 Å². The first-order chi connectivity index (χ1) is 14.2. The zero-order chi connectivity index (χ0) is 20.5. The smallest absolute Gasteiger partial charge is 0.191 e. The third-order valence-corrected chi connectivity index (χ3v) is 7.68. The SMILES string of the molecule is C=C(SCCCCC[C@@H](CC)Sc1cc(=S)oc2ccccc12)c1ccccc1. The summed E-state index contributed by atoms with van der Waals surface area (Å²) in [4.78, 5) is 2.42. The zero-order valence-electron chi connectivity index (χ0n) is 16.9. The van der Waals surface area contributed by atoms with Gasteiger partial charge in [-0.05, 0) is 48.9 Å². The van der Waals surface area contributed by atoms with Gasteiger partial charge in [0, 0.05) is 26.5 Å². The standard InChI is InChI=1S/C25H28OS3/c1-3-21(29-24-18-25(27)26-23-16-10-9-15-22(23)24)14-8-5-11-17-28-19(2)20-12-6-4-7-13-20/h4,6-7,9-10,12-13,15-16,18,21H,2-3,5,8,11,14,17H2,1H3/t21-/m1/s1. The monoisotopic (exact) mass is 440 g/mol. The average molecular weight is 441 g/mol. The molecule has 152 valence electrons. The van der Waals surface area contributed by atoms with E-state index in [1.54, 1.807) is 0 Å². The quantitative estimate of drug-likeness (QED) is 0.167. The molecule has 3 rings (SSSR count). The Morgan fingerprint density at radius 2 is 1.79 bits per heavy atom. The molecule has 0 saturated heterocycles. The lowest BCUT2D eigenvalue weighted by Crippen LogP contribution is -2.01. The molecule has 0 amide bonds. The van der Waals surface area contributed by atoms with Crippen molar-refractivity contribution >= 4 is 51.6 Å². The Kier molecular flexibility index (Phi) is 8.91. The molecule has 1 aromatic heterocycles. The van der Waals surface area contributed by atoms with Crippen molar-refractivity contribution in [1.82, 2.24) is 0 Å². The summed E-state index contributed by atoms with van der Waals surface area (Å²) in [5.41, 5.74) is 2.12. The number of thioether (sulfide) groups is 2. The molecule has 0 aliphatic heterocycles.